The zero-order valence-electron chi connectivity index (χ0n) is 31.9. The van der Waals surface area contributed by atoms with E-state index in [2.05, 4.69) is 55.4 Å². The van der Waals surface area contributed by atoms with Crippen molar-refractivity contribution >= 4 is 0 Å². The fourth-order valence-electron chi connectivity index (χ4n) is 7.98. The van der Waals surface area contributed by atoms with Gasteiger partial charge in [0.05, 0.1) is 0 Å². The molecule has 0 aromatic carbocycles. The van der Waals surface area contributed by atoms with Gasteiger partial charge in [0.25, 0.3) is 0 Å². The molecule has 0 bridgehead atoms. The van der Waals surface area contributed by atoms with E-state index >= 15 is 0 Å². The minimum atomic E-state index is 0.624. The lowest BCUT2D eigenvalue weighted by molar-refractivity contribution is 0.244. The molecule has 0 unspecified atom stereocenters. The number of hydrogen-bond acceptors (Lipinski definition) is 0. The molecule has 4 rings (SSSR count). The Bertz CT molecular complexity index is 576. The fraction of sp³-hybridized carbons (Fsp3) is 1.00. The highest BCUT2D eigenvalue weighted by Gasteiger charge is 2.21. The monoisotopic (exact) mass is 603 g/mol. The highest BCUT2D eigenvalue weighted by Crippen LogP contribution is 2.35. The Labute approximate surface area is 275 Å². The van der Waals surface area contributed by atoms with E-state index in [0.717, 1.165) is 0 Å². The standard InChI is InChI=1S/C14H28.C11H22.C10H20.C8H16/c1-14(2)12-10-8-6-4-3-5-7-9-11-13-14;1-11(2)9-7-5-3-4-6-8-10-11;1-10(2)8-6-4-3-5-7-9-10;1-8(2)6-4-3-5-7-8/h3-13H2,1-2H3;3-10H2,1-2H3;3-9H2,1-2H3;3-7H2,1-2H3. The molecule has 0 heterocycles. The van der Waals surface area contributed by atoms with Crippen LogP contribution in [-0.2, 0) is 0 Å². The molecular weight excluding hydrogens is 516 g/mol. The van der Waals surface area contributed by atoms with Crippen LogP contribution in [0, 0.1) is 21.7 Å². The van der Waals surface area contributed by atoms with Gasteiger partial charge in [-0.05, 0) is 73.0 Å². The van der Waals surface area contributed by atoms with E-state index in [1.165, 1.54) is 199 Å². The van der Waals surface area contributed by atoms with Crippen molar-refractivity contribution < 1.29 is 0 Å². The average molecular weight is 603 g/mol. The topological polar surface area (TPSA) is 0 Å². The molecule has 4 aliphatic carbocycles. The third-order valence-corrected chi connectivity index (χ3v) is 11.6. The molecule has 0 heteroatoms. The molecule has 0 aliphatic heterocycles. The summed E-state index contributed by atoms with van der Waals surface area (Å²) in [5.74, 6) is 0. The highest BCUT2D eigenvalue weighted by molar-refractivity contribution is 4.73. The van der Waals surface area contributed by atoms with E-state index in [-0.39, 0.29) is 0 Å². The van der Waals surface area contributed by atoms with Crippen LogP contribution in [-0.4, -0.2) is 0 Å². The number of hydrogen-bond donors (Lipinski definition) is 0. The number of rotatable bonds is 0. The van der Waals surface area contributed by atoms with Gasteiger partial charge in [-0.15, -0.1) is 0 Å². The van der Waals surface area contributed by atoms with Gasteiger partial charge in [0, 0.05) is 0 Å². The van der Waals surface area contributed by atoms with Gasteiger partial charge in [-0.3, -0.25) is 0 Å². The Hall–Kier alpha value is 0. The molecule has 0 N–H and O–H groups in total. The maximum Gasteiger partial charge on any atom is -0.0354 e. The molecule has 4 saturated carbocycles. The van der Waals surface area contributed by atoms with Crippen molar-refractivity contribution in [3.05, 3.63) is 0 Å². The third-order valence-electron chi connectivity index (χ3n) is 11.6. The molecule has 0 aromatic heterocycles. The maximum absolute atomic E-state index is 2.46. The molecule has 0 atom stereocenters. The second kappa shape index (κ2) is 23.3. The zero-order chi connectivity index (χ0) is 31.9. The van der Waals surface area contributed by atoms with Crippen LogP contribution in [0.4, 0.5) is 0 Å². The van der Waals surface area contributed by atoms with E-state index in [0.29, 0.717) is 21.7 Å². The molecule has 0 aromatic rings. The molecule has 4 fully saturated rings. The van der Waals surface area contributed by atoms with Crippen molar-refractivity contribution in [1.29, 1.82) is 0 Å². The summed E-state index contributed by atoms with van der Waals surface area (Å²) in [5.41, 5.74) is 2.60. The molecule has 0 spiro atoms. The van der Waals surface area contributed by atoms with Gasteiger partial charge >= 0.3 is 0 Å². The quantitative estimate of drug-likeness (QED) is 0.259. The lowest BCUT2D eigenvalue weighted by Crippen LogP contribution is -2.14. The molecule has 0 nitrogen and oxygen atoms in total. The first-order valence-corrected chi connectivity index (χ1v) is 20.3. The van der Waals surface area contributed by atoms with Gasteiger partial charge in [0.15, 0.2) is 0 Å². The Kier molecular flexibility index (Phi) is 22.3. The molecule has 4 aliphatic rings. The van der Waals surface area contributed by atoms with Gasteiger partial charge < -0.3 is 0 Å². The second-order valence-electron chi connectivity index (χ2n) is 18.8. The van der Waals surface area contributed by atoms with Crippen molar-refractivity contribution in [3.63, 3.8) is 0 Å². The molecule has 0 amide bonds. The Morgan fingerprint density at radius 3 is 0.395 bits per heavy atom. The van der Waals surface area contributed by atoms with Gasteiger partial charge in [-0.2, -0.15) is 0 Å². The van der Waals surface area contributed by atoms with Crippen molar-refractivity contribution in [3.8, 4) is 0 Å². The van der Waals surface area contributed by atoms with Crippen molar-refractivity contribution in [2.75, 3.05) is 0 Å². The summed E-state index contributed by atoms with van der Waals surface area (Å²) in [6.07, 6.45) is 45.5. The SMILES string of the molecule is CC1(C)CCCCC1.CC1(C)CCCCCCC1.CC1(C)CCCCCCCC1.CC1(C)CCCCCCCCCCC1. The van der Waals surface area contributed by atoms with E-state index in [4.69, 9.17) is 0 Å². The van der Waals surface area contributed by atoms with Crippen molar-refractivity contribution in [2.45, 2.75) is 254 Å². The van der Waals surface area contributed by atoms with E-state index in [9.17, 15) is 0 Å². The van der Waals surface area contributed by atoms with E-state index in [1.807, 2.05) is 0 Å². The van der Waals surface area contributed by atoms with E-state index in [1.54, 1.807) is 0 Å². The van der Waals surface area contributed by atoms with Crippen LogP contribution in [0.1, 0.15) is 254 Å². The lowest BCUT2D eigenvalue weighted by Gasteiger charge is -2.28. The van der Waals surface area contributed by atoms with Crippen LogP contribution < -0.4 is 0 Å². The third kappa shape index (κ3) is 25.8. The summed E-state index contributed by atoms with van der Waals surface area (Å²) in [7, 11) is 0. The van der Waals surface area contributed by atoms with Gasteiger partial charge in [-0.1, -0.05) is 203 Å². The molecule has 258 valence electrons. The first kappa shape index (κ1) is 41.0. The van der Waals surface area contributed by atoms with Crippen LogP contribution >= 0.6 is 0 Å². The van der Waals surface area contributed by atoms with Crippen LogP contribution in [0.15, 0.2) is 0 Å². The molecule has 0 saturated heterocycles. The average Bonchev–Trinajstić information content (AvgIpc) is 3.01. The van der Waals surface area contributed by atoms with E-state index < -0.39 is 0 Å². The summed E-state index contributed by atoms with van der Waals surface area (Å²) >= 11 is 0. The normalized spacial score (nSPS) is 26.8. The Morgan fingerprint density at radius 2 is 0.256 bits per heavy atom. The van der Waals surface area contributed by atoms with Crippen LogP contribution in [0.2, 0.25) is 0 Å². The largest absolute Gasteiger partial charge is 0.0599 e. The Morgan fingerprint density at radius 1 is 0.163 bits per heavy atom. The predicted molar refractivity (Wildman–Crippen MR) is 198 cm³/mol. The van der Waals surface area contributed by atoms with Gasteiger partial charge in [-0.25, -0.2) is 0 Å². The predicted octanol–water partition coefficient (Wildman–Crippen LogP) is 16.2. The summed E-state index contributed by atoms with van der Waals surface area (Å²) in [6, 6.07) is 0. The zero-order valence-corrected chi connectivity index (χ0v) is 31.9. The van der Waals surface area contributed by atoms with Crippen molar-refractivity contribution in [2.24, 2.45) is 21.7 Å². The van der Waals surface area contributed by atoms with Crippen LogP contribution in [0.25, 0.3) is 0 Å². The first-order valence-electron chi connectivity index (χ1n) is 20.3. The lowest BCUT2D eigenvalue weighted by atomic mass is 9.78. The second-order valence-corrected chi connectivity index (χ2v) is 18.8. The fourth-order valence-corrected chi connectivity index (χ4v) is 7.98. The summed E-state index contributed by atoms with van der Waals surface area (Å²) < 4.78 is 0. The summed E-state index contributed by atoms with van der Waals surface area (Å²) in [4.78, 5) is 0. The van der Waals surface area contributed by atoms with Crippen LogP contribution in [0.3, 0.4) is 0 Å². The summed E-state index contributed by atoms with van der Waals surface area (Å²) in [5, 5.41) is 0. The minimum absolute atomic E-state index is 0.624. The first-order chi connectivity index (χ1) is 20.3. The van der Waals surface area contributed by atoms with Crippen LogP contribution in [0.5, 0.6) is 0 Å². The molecular formula is C43H86. The van der Waals surface area contributed by atoms with Gasteiger partial charge in [0.2, 0.25) is 0 Å². The Balaban J connectivity index is 0.000000292. The highest BCUT2D eigenvalue weighted by atomic mass is 14.3. The molecule has 43 heavy (non-hydrogen) atoms. The van der Waals surface area contributed by atoms with Crippen molar-refractivity contribution in [1.82, 2.24) is 0 Å². The van der Waals surface area contributed by atoms with Gasteiger partial charge in [0.1, 0.15) is 0 Å². The maximum atomic E-state index is 2.46. The summed E-state index contributed by atoms with van der Waals surface area (Å²) in [6.45, 7) is 19.4. The smallest absolute Gasteiger partial charge is 0.0354 e. The molecule has 0 radical (unpaired) electrons. The minimum Gasteiger partial charge on any atom is -0.0599 e.